The summed E-state index contributed by atoms with van der Waals surface area (Å²) < 4.78 is 5.98. The zero-order valence-corrected chi connectivity index (χ0v) is 20.7. The summed E-state index contributed by atoms with van der Waals surface area (Å²) in [6.07, 6.45) is 5.30. The molecule has 6 heteroatoms. The molecule has 0 unspecified atom stereocenters. The van der Waals surface area contributed by atoms with Crippen LogP contribution in [0.4, 0.5) is 5.82 Å². The number of anilines is 1. The molecule has 3 rings (SSSR count). The van der Waals surface area contributed by atoms with Crippen molar-refractivity contribution in [1.82, 2.24) is 9.97 Å². The van der Waals surface area contributed by atoms with Gasteiger partial charge in [0.25, 0.3) is 0 Å². The fourth-order valence-electron chi connectivity index (χ4n) is 3.95. The van der Waals surface area contributed by atoms with Gasteiger partial charge >= 0.3 is 5.97 Å². The fourth-order valence-corrected chi connectivity index (χ4v) is 3.95. The van der Waals surface area contributed by atoms with E-state index >= 15 is 0 Å². The van der Waals surface area contributed by atoms with E-state index in [-0.39, 0.29) is 6.42 Å². The number of carboxylic acids is 1. The van der Waals surface area contributed by atoms with Gasteiger partial charge in [0.1, 0.15) is 11.6 Å². The molecule has 0 aliphatic rings. The first-order chi connectivity index (χ1) is 16.4. The van der Waals surface area contributed by atoms with Crippen molar-refractivity contribution < 1.29 is 14.6 Å². The normalized spacial score (nSPS) is 10.8. The smallest absolute Gasteiger partial charge is 0.303 e. The topological polar surface area (TPSA) is 75.6 Å². The van der Waals surface area contributed by atoms with Gasteiger partial charge in [0.05, 0.1) is 6.61 Å². The Morgan fingerprint density at radius 1 is 1.06 bits per heavy atom. The van der Waals surface area contributed by atoms with E-state index in [4.69, 9.17) is 14.8 Å². The molecule has 0 saturated carbocycles. The number of ether oxygens (including phenoxy) is 1. The Balaban J connectivity index is 1.56. The van der Waals surface area contributed by atoms with Gasteiger partial charge in [0.15, 0.2) is 5.82 Å². The van der Waals surface area contributed by atoms with Crippen molar-refractivity contribution >= 4 is 11.8 Å². The minimum atomic E-state index is -0.771. The van der Waals surface area contributed by atoms with Gasteiger partial charge in [-0.05, 0) is 61.4 Å². The number of nitrogens with zero attached hydrogens (tertiary/aromatic N) is 3. The second kappa shape index (κ2) is 12.2. The van der Waals surface area contributed by atoms with Crippen LogP contribution in [0.3, 0.4) is 0 Å². The molecule has 0 amide bonds. The second-order valence-electron chi connectivity index (χ2n) is 8.55. The van der Waals surface area contributed by atoms with Crippen LogP contribution in [0.2, 0.25) is 0 Å². The van der Waals surface area contributed by atoms with Gasteiger partial charge in [-0.25, -0.2) is 9.97 Å². The molecule has 0 aliphatic carbocycles. The summed E-state index contributed by atoms with van der Waals surface area (Å²) in [4.78, 5) is 22.4. The molecule has 0 saturated heterocycles. The highest BCUT2D eigenvalue weighted by molar-refractivity contribution is 5.67. The highest BCUT2D eigenvalue weighted by Gasteiger charge is 2.11. The third-order valence-electron chi connectivity index (χ3n) is 6.00. The maximum absolute atomic E-state index is 10.9. The molecule has 180 valence electrons. The summed E-state index contributed by atoms with van der Waals surface area (Å²) in [5, 5.41) is 8.94. The van der Waals surface area contributed by atoms with Gasteiger partial charge in [-0.3, -0.25) is 4.79 Å². The molecule has 0 aliphatic heterocycles. The molecular weight excluding hydrogens is 426 g/mol. The number of hydrogen-bond donors (Lipinski definition) is 1. The summed E-state index contributed by atoms with van der Waals surface area (Å²) in [5.41, 5.74) is 5.59. The standard InChI is InChI=1S/C28H35N3O3/c1-5-21-8-10-24(11-9-21)27-29-19-20(3)28(30-27)31(4)16-7-17-34-25-14-12-23(13-15-26(32)33)22(6-2)18-25/h8-12,14,18-19H,5-7,13,15-17H2,1-4H3,(H,32,33). The van der Waals surface area contributed by atoms with E-state index in [1.165, 1.54) is 5.56 Å². The quantitative estimate of drug-likeness (QED) is 0.359. The fraction of sp³-hybridized carbons (Fsp3) is 0.393. The molecule has 0 fully saturated rings. The lowest BCUT2D eigenvalue weighted by Gasteiger charge is -2.21. The number of aryl methyl sites for hydroxylation is 4. The molecule has 2 aromatic carbocycles. The number of rotatable bonds is 12. The third kappa shape index (κ3) is 6.80. The average Bonchev–Trinajstić information content (AvgIpc) is 2.85. The average molecular weight is 462 g/mol. The summed E-state index contributed by atoms with van der Waals surface area (Å²) in [5.74, 6) is 1.73. The van der Waals surface area contributed by atoms with Crippen molar-refractivity contribution in [3.63, 3.8) is 0 Å². The molecule has 0 bridgehead atoms. The Morgan fingerprint density at radius 2 is 1.82 bits per heavy atom. The minimum Gasteiger partial charge on any atom is -0.494 e. The third-order valence-corrected chi connectivity index (χ3v) is 6.00. The van der Waals surface area contributed by atoms with Crippen molar-refractivity contribution in [3.8, 4) is 17.1 Å². The maximum atomic E-state index is 10.9. The van der Waals surface area contributed by atoms with E-state index in [0.717, 1.165) is 65.5 Å². The first kappa shape index (κ1) is 25.2. The van der Waals surface area contributed by atoms with E-state index in [2.05, 4.69) is 48.0 Å². The number of aromatic nitrogens is 2. The maximum Gasteiger partial charge on any atom is 0.303 e. The first-order valence-electron chi connectivity index (χ1n) is 12.0. The van der Waals surface area contributed by atoms with Crippen LogP contribution in [0.25, 0.3) is 11.4 Å². The lowest BCUT2D eigenvalue weighted by atomic mass is 10.0. The summed E-state index contributed by atoms with van der Waals surface area (Å²) in [7, 11) is 2.05. The molecule has 3 aromatic rings. The van der Waals surface area contributed by atoms with Crippen molar-refractivity contribution in [2.75, 3.05) is 25.1 Å². The molecular formula is C28H35N3O3. The van der Waals surface area contributed by atoms with Gasteiger partial charge < -0.3 is 14.7 Å². The molecule has 34 heavy (non-hydrogen) atoms. The van der Waals surface area contributed by atoms with E-state index in [1.807, 2.05) is 38.4 Å². The van der Waals surface area contributed by atoms with Crippen LogP contribution >= 0.6 is 0 Å². The highest BCUT2D eigenvalue weighted by Crippen LogP contribution is 2.23. The van der Waals surface area contributed by atoms with Crippen molar-refractivity contribution in [3.05, 3.63) is 70.9 Å². The van der Waals surface area contributed by atoms with Crippen molar-refractivity contribution in [2.24, 2.45) is 0 Å². The largest absolute Gasteiger partial charge is 0.494 e. The summed E-state index contributed by atoms with van der Waals surface area (Å²) in [6, 6.07) is 14.4. The van der Waals surface area contributed by atoms with Gasteiger partial charge in [0, 0.05) is 37.3 Å². The summed E-state index contributed by atoms with van der Waals surface area (Å²) >= 11 is 0. The van der Waals surface area contributed by atoms with Gasteiger partial charge in [0.2, 0.25) is 0 Å². The Bertz CT molecular complexity index is 1100. The van der Waals surface area contributed by atoms with Crippen LogP contribution in [0.1, 0.15) is 48.9 Å². The Hall–Kier alpha value is -3.41. The second-order valence-corrected chi connectivity index (χ2v) is 8.55. The minimum absolute atomic E-state index is 0.147. The molecule has 1 N–H and O–H groups in total. The molecule has 0 atom stereocenters. The number of carboxylic acid groups (broad SMARTS) is 1. The zero-order valence-electron chi connectivity index (χ0n) is 20.7. The Labute approximate surface area is 202 Å². The van der Waals surface area contributed by atoms with E-state index in [9.17, 15) is 4.79 Å². The molecule has 0 spiro atoms. The first-order valence-corrected chi connectivity index (χ1v) is 12.0. The van der Waals surface area contributed by atoms with Gasteiger partial charge in [-0.15, -0.1) is 0 Å². The van der Waals surface area contributed by atoms with Crippen LogP contribution in [0, 0.1) is 6.92 Å². The van der Waals surface area contributed by atoms with Gasteiger partial charge in [-0.2, -0.15) is 0 Å². The zero-order chi connectivity index (χ0) is 24.5. The lowest BCUT2D eigenvalue weighted by Crippen LogP contribution is -2.22. The number of carbonyl (C=O) groups is 1. The monoisotopic (exact) mass is 461 g/mol. The Morgan fingerprint density at radius 3 is 2.50 bits per heavy atom. The molecule has 1 heterocycles. The number of hydrogen-bond acceptors (Lipinski definition) is 5. The van der Waals surface area contributed by atoms with Crippen molar-refractivity contribution in [1.29, 1.82) is 0 Å². The van der Waals surface area contributed by atoms with Crippen LogP contribution in [-0.4, -0.2) is 41.2 Å². The highest BCUT2D eigenvalue weighted by atomic mass is 16.5. The molecule has 1 aromatic heterocycles. The summed E-state index contributed by atoms with van der Waals surface area (Å²) in [6.45, 7) is 7.66. The molecule has 6 nitrogen and oxygen atoms in total. The predicted molar refractivity (Wildman–Crippen MR) is 137 cm³/mol. The van der Waals surface area contributed by atoms with Crippen LogP contribution in [0.5, 0.6) is 5.75 Å². The number of benzene rings is 2. The Kier molecular flexibility index (Phi) is 9.02. The van der Waals surface area contributed by atoms with Crippen LogP contribution < -0.4 is 9.64 Å². The van der Waals surface area contributed by atoms with E-state index < -0.39 is 5.97 Å². The van der Waals surface area contributed by atoms with Crippen LogP contribution in [0.15, 0.2) is 48.7 Å². The van der Waals surface area contributed by atoms with E-state index in [0.29, 0.717) is 13.0 Å². The lowest BCUT2D eigenvalue weighted by molar-refractivity contribution is -0.136. The van der Waals surface area contributed by atoms with Gasteiger partial charge in [-0.1, -0.05) is 44.2 Å². The number of aliphatic carboxylic acids is 1. The molecule has 0 radical (unpaired) electrons. The van der Waals surface area contributed by atoms with Crippen LogP contribution in [-0.2, 0) is 24.1 Å². The SMILES string of the molecule is CCc1ccc(-c2ncc(C)c(N(C)CCCOc3ccc(CCC(=O)O)c(CC)c3)n2)cc1. The predicted octanol–water partition coefficient (Wildman–Crippen LogP) is 5.50. The van der Waals surface area contributed by atoms with E-state index in [1.54, 1.807) is 0 Å². The van der Waals surface area contributed by atoms with Crippen molar-refractivity contribution in [2.45, 2.75) is 52.9 Å².